The Bertz CT molecular complexity index is 346. The molecule has 1 aromatic carbocycles. The summed E-state index contributed by atoms with van der Waals surface area (Å²) in [5.41, 5.74) is 0.679. The van der Waals surface area contributed by atoms with Crippen LogP contribution in [-0.4, -0.2) is 14.2 Å². The molecule has 0 aliphatic rings. The molecule has 1 rings (SSSR count). The predicted octanol–water partition coefficient (Wildman–Crippen LogP) is 2.04. The molecule has 0 spiro atoms. The van der Waals surface area contributed by atoms with E-state index in [1.165, 1.54) is 26.4 Å². The molecule has 0 aromatic heterocycles. The van der Waals surface area contributed by atoms with Crippen molar-refractivity contribution >= 4 is 0 Å². The number of hydrogen-bond acceptors (Lipinski definition) is 3. The van der Waals surface area contributed by atoms with Crippen LogP contribution in [0.5, 0.6) is 11.5 Å². The van der Waals surface area contributed by atoms with E-state index >= 15 is 0 Å². The van der Waals surface area contributed by atoms with E-state index in [9.17, 15) is 4.39 Å². The lowest BCUT2D eigenvalue weighted by atomic mass is 10.1. The first kappa shape index (κ1) is 10.3. The Hall–Kier alpha value is -1.76. The maximum Gasteiger partial charge on any atom is 0.166 e. The van der Waals surface area contributed by atoms with Crippen LogP contribution in [0.4, 0.5) is 4.39 Å². The maximum absolute atomic E-state index is 12.6. The van der Waals surface area contributed by atoms with Gasteiger partial charge in [-0.25, -0.2) is 4.39 Å². The van der Waals surface area contributed by atoms with Gasteiger partial charge in [-0.2, -0.15) is 5.26 Å². The second-order valence-electron chi connectivity index (χ2n) is 2.62. The van der Waals surface area contributed by atoms with Crippen molar-refractivity contribution in [1.82, 2.24) is 0 Å². The maximum atomic E-state index is 12.6. The van der Waals surface area contributed by atoms with Gasteiger partial charge in [-0.05, 0) is 6.07 Å². The number of rotatable bonds is 3. The van der Waals surface area contributed by atoms with Crippen molar-refractivity contribution in [3.05, 3.63) is 23.3 Å². The van der Waals surface area contributed by atoms with Crippen LogP contribution < -0.4 is 9.47 Å². The molecule has 0 saturated carbocycles. The molecule has 0 heterocycles. The van der Waals surface area contributed by atoms with Gasteiger partial charge in [0.25, 0.3) is 0 Å². The van der Waals surface area contributed by atoms with Gasteiger partial charge in [0, 0.05) is 11.6 Å². The Labute approximate surface area is 81.7 Å². The quantitative estimate of drug-likeness (QED) is 0.741. The summed E-state index contributed by atoms with van der Waals surface area (Å²) >= 11 is 0. The minimum Gasteiger partial charge on any atom is -0.493 e. The van der Waals surface area contributed by atoms with E-state index in [-0.39, 0.29) is 0 Å². The van der Waals surface area contributed by atoms with Gasteiger partial charge in [0.1, 0.15) is 6.67 Å². The highest BCUT2D eigenvalue weighted by Gasteiger charge is 2.11. The topological polar surface area (TPSA) is 42.2 Å². The number of benzene rings is 1. The van der Waals surface area contributed by atoms with Crippen LogP contribution in [0.1, 0.15) is 11.1 Å². The van der Waals surface area contributed by atoms with Gasteiger partial charge in [0.15, 0.2) is 11.5 Å². The standard InChI is InChI=1S/C10H10FNO2/c1-13-9-4-7(6-12)3-8(5-11)10(9)14-2/h3-4H,5H2,1-2H3. The molecule has 0 aliphatic carbocycles. The summed E-state index contributed by atoms with van der Waals surface area (Å²) in [6.07, 6.45) is 0. The second-order valence-corrected chi connectivity index (χ2v) is 2.62. The Balaban J connectivity index is 3.33. The fourth-order valence-corrected chi connectivity index (χ4v) is 1.21. The highest BCUT2D eigenvalue weighted by Crippen LogP contribution is 2.32. The van der Waals surface area contributed by atoms with Crippen molar-refractivity contribution in [1.29, 1.82) is 5.26 Å². The normalized spacial score (nSPS) is 9.29. The van der Waals surface area contributed by atoms with E-state index in [1.807, 2.05) is 6.07 Å². The molecular formula is C10H10FNO2. The van der Waals surface area contributed by atoms with Crippen molar-refractivity contribution < 1.29 is 13.9 Å². The minimum atomic E-state index is -0.685. The Morgan fingerprint density at radius 2 is 2.07 bits per heavy atom. The van der Waals surface area contributed by atoms with Gasteiger partial charge in [0.05, 0.1) is 25.9 Å². The smallest absolute Gasteiger partial charge is 0.166 e. The van der Waals surface area contributed by atoms with E-state index in [1.54, 1.807) is 0 Å². The molecule has 0 atom stereocenters. The van der Waals surface area contributed by atoms with Crippen LogP contribution in [0.3, 0.4) is 0 Å². The molecule has 0 saturated heterocycles. The van der Waals surface area contributed by atoms with Gasteiger partial charge in [-0.1, -0.05) is 0 Å². The predicted molar refractivity (Wildman–Crippen MR) is 49.1 cm³/mol. The highest BCUT2D eigenvalue weighted by atomic mass is 19.1. The first-order valence-corrected chi connectivity index (χ1v) is 3.97. The molecule has 0 N–H and O–H groups in total. The first-order valence-electron chi connectivity index (χ1n) is 3.97. The number of alkyl halides is 1. The summed E-state index contributed by atoms with van der Waals surface area (Å²) in [6, 6.07) is 4.88. The van der Waals surface area contributed by atoms with Gasteiger partial charge in [-0.3, -0.25) is 0 Å². The largest absolute Gasteiger partial charge is 0.493 e. The minimum absolute atomic E-state index is 0.323. The molecule has 14 heavy (non-hydrogen) atoms. The van der Waals surface area contributed by atoms with Crippen LogP contribution >= 0.6 is 0 Å². The van der Waals surface area contributed by atoms with Crippen molar-refractivity contribution in [3.63, 3.8) is 0 Å². The van der Waals surface area contributed by atoms with Crippen molar-refractivity contribution in [2.24, 2.45) is 0 Å². The van der Waals surface area contributed by atoms with E-state index in [2.05, 4.69) is 0 Å². The fraction of sp³-hybridized carbons (Fsp3) is 0.300. The fourth-order valence-electron chi connectivity index (χ4n) is 1.21. The Morgan fingerprint density at radius 1 is 1.36 bits per heavy atom. The zero-order valence-corrected chi connectivity index (χ0v) is 8.00. The van der Waals surface area contributed by atoms with Crippen LogP contribution in [0, 0.1) is 11.3 Å². The van der Waals surface area contributed by atoms with Gasteiger partial charge in [-0.15, -0.1) is 0 Å². The Morgan fingerprint density at radius 3 is 2.50 bits per heavy atom. The molecule has 74 valence electrons. The van der Waals surface area contributed by atoms with Gasteiger partial charge < -0.3 is 9.47 Å². The summed E-state index contributed by atoms with van der Waals surface area (Å²) in [5, 5.41) is 8.67. The van der Waals surface area contributed by atoms with E-state index < -0.39 is 6.67 Å². The van der Waals surface area contributed by atoms with E-state index in [0.717, 1.165) is 0 Å². The Kier molecular flexibility index (Phi) is 3.29. The number of hydrogen-bond donors (Lipinski definition) is 0. The van der Waals surface area contributed by atoms with Crippen LogP contribution in [-0.2, 0) is 6.67 Å². The number of methoxy groups -OCH3 is 2. The molecule has 0 fully saturated rings. The molecule has 0 amide bonds. The van der Waals surface area contributed by atoms with Crippen LogP contribution in [0.15, 0.2) is 12.1 Å². The average molecular weight is 195 g/mol. The summed E-state index contributed by atoms with van der Waals surface area (Å²) in [6.45, 7) is -0.685. The lowest BCUT2D eigenvalue weighted by Gasteiger charge is -2.10. The number of halogens is 1. The molecule has 4 heteroatoms. The van der Waals surface area contributed by atoms with E-state index in [0.29, 0.717) is 22.6 Å². The lowest BCUT2D eigenvalue weighted by molar-refractivity contribution is 0.345. The average Bonchev–Trinajstić information content (AvgIpc) is 2.26. The third kappa shape index (κ3) is 1.77. The summed E-state index contributed by atoms with van der Waals surface area (Å²) in [4.78, 5) is 0. The number of nitriles is 1. The van der Waals surface area contributed by atoms with Crippen LogP contribution in [0.25, 0.3) is 0 Å². The summed E-state index contributed by atoms with van der Waals surface area (Å²) < 4.78 is 22.5. The molecule has 1 aromatic rings. The third-order valence-electron chi connectivity index (χ3n) is 1.83. The molecule has 0 aliphatic heterocycles. The number of ether oxygens (including phenoxy) is 2. The summed E-state index contributed by atoms with van der Waals surface area (Å²) in [5.74, 6) is 0.716. The first-order chi connectivity index (χ1) is 6.76. The second kappa shape index (κ2) is 4.47. The zero-order chi connectivity index (χ0) is 10.6. The van der Waals surface area contributed by atoms with Gasteiger partial charge >= 0.3 is 0 Å². The van der Waals surface area contributed by atoms with Gasteiger partial charge in [0.2, 0.25) is 0 Å². The molecule has 3 nitrogen and oxygen atoms in total. The lowest BCUT2D eigenvalue weighted by Crippen LogP contribution is -1.96. The van der Waals surface area contributed by atoms with Crippen molar-refractivity contribution in [3.8, 4) is 17.6 Å². The molecular weight excluding hydrogens is 185 g/mol. The van der Waals surface area contributed by atoms with Crippen molar-refractivity contribution in [2.45, 2.75) is 6.67 Å². The van der Waals surface area contributed by atoms with E-state index in [4.69, 9.17) is 14.7 Å². The molecule has 0 radical (unpaired) electrons. The number of nitrogens with zero attached hydrogens (tertiary/aromatic N) is 1. The van der Waals surface area contributed by atoms with Crippen molar-refractivity contribution in [2.75, 3.05) is 14.2 Å². The molecule has 0 bridgehead atoms. The highest BCUT2D eigenvalue weighted by molar-refractivity contribution is 5.52. The zero-order valence-electron chi connectivity index (χ0n) is 8.00. The monoisotopic (exact) mass is 195 g/mol. The van der Waals surface area contributed by atoms with Crippen LogP contribution in [0.2, 0.25) is 0 Å². The summed E-state index contributed by atoms with van der Waals surface area (Å²) in [7, 11) is 2.88. The SMILES string of the molecule is COc1cc(C#N)cc(CF)c1OC. The molecule has 0 unspecified atom stereocenters. The third-order valence-corrected chi connectivity index (χ3v) is 1.83.